The number of ether oxygens (including phenoxy) is 3. The normalized spacial score (nSPS) is 11.6. The molecule has 0 saturated heterocycles. The van der Waals surface area contributed by atoms with Crippen molar-refractivity contribution >= 4 is 17.7 Å². The molecule has 2 heterocycles. The molecule has 2 aromatic heterocycles. The van der Waals surface area contributed by atoms with Crippen LogP contribution in [0, 0.1) is 13.8 Å². The van der Waals surface area contributed by atoms with E-state index in [4.69, 9.17) is 14.2 Å². The van der Waals surface area contributed by atoms with Crippen LogP contribution < -0.4 is 4.74 Å². The Hall–Kier alpha value is -4.66. The number of aromatic nitrogens is 3. The number of aryl methyl sites for hydroxylation is 1. The molecule has 0 aliphatic rings. The molecule has 196 valence electrons. The average Bonchev–Trinajstić information content (AvgIpc) is 3.50. The number of nitrogens with one attached hydrogen (secondary N) is 1. The number of nitrogens with zero attached hydrogens (tertiary/aromatic N) is 2. The monoisotopic (exact) mass is 515 g/mol. The van der Waals surface area contributed by atoms with Gasteiger partial charge >= 0.3 is 11.9 Å². The molecule has 0 radical (unpaired) electrons. The highest BCUT2D eigenvalue weighted by molar-refractivity contribution is 6.05. The first-order chi connectivity index (χ1) is 18.2. The average molecular weight is 516 g/mol. The molecule has 1 N–H and O–H groups in total. The number of Topliss-reactive ketones (excluding diaryl/α,β-unsaturated/α-hetero) is 1. The Morgan fingerprint density at radius 2 is 1.76 bits per heavy atom. The molecule has 38 heavy (non-hydrogen) atoms. The van der Waals surface area contributed by atoms with Gasteiger partial charge in [-0.2, -0.15) is 5.10 Å². The molecule has 4 rings (SSSR count). The number of rotatable bonds is 9. The molecule has 9 nitrogen and oxygen atoms in total. The Labute approximate surface area is 220 Å². The number of carbonyl (C=O) groups excluding carboxylic acids is 3. The fourth-order valence-electron chi connectivity index (χ4n) is 4.21. The van der Waals surface area contributed by atoms with Crippen molar-refractivity contribution in [3.8, 4) is 22.7 Å². The van der Waals surface area contributed by atoms with Crippen LogP contribution in [0.5, 0.6) is 5.75 Å². The van der Waals surface area contributed by atoms with Gasteiger partial charge in [0.05, 0.1) is 30.7 Å². The van der Waals surface area contributed by atoms with Crippen LogP contribution in [0.15, 0.2) is 60.8 Å². The minimum absolute atomic E-state index is 0.188. The van der Waals surface area contributed by atoms with Crippen LogP contribution in [0.3, 0.4) is 0 Å². The summed E-state index contributed by atoms with van der Waals surface area (Å²) in [4.78, 5) is 41.9. The van der Waals surface area contributed by atoms with E-state index in [-0.39, 0.29) is 17.9 Å². The van der Waals surface area contributed by atoms with Gasteiger partial charge in [-0.3, -0.25) is 4.79 Å². The van der Waals surface area contributed by atoms with E-state index in [1.54, 1.807) is 57.0 Å². The van der Waals surface area contributed by atoms with Crippen LogP contribution in [0.4, 0.5) is 0 Å². The van der Waals surface area contributed by atoms with Gasteiger partial charge in [0.15, 0.2) is 6.10 Å². The zero-order chi connectivity index (χ0) is 27.4. The number of para-hydroxylation sites is 1. The maximum Gasteiger partial charge on any atom is 0.342 e. The molecular weight excluding hydrogens is 486 g/mol. The number of methoxy groups -OCH3 is 1. The zero-order valence-corrected chi connectivity index (χ0v) is 21.9. The number of aromatic amines is 1. The number of hydrogen-bond donors (Lipinski definition) is 1. The topological polar surface area (TPSA) is 113 Å². The van der Waals surface area contributed by atoms with Crippen molar-refractivity contribution in [2.75, 3.05) is 13.7 Å². The van der Waals surface area contributed by atoms with E-state index in [1.807, 2.05) is 36.4 Å². The molecular formula is C29H29N3O6. The van der Waals surface area contributed by atoms with Crippen molar-refractivity contribution in [2.24, 2.45) is 0 Å². The first-order valence-corrected chi connectivity index (χ1v) is 12.2. The Morgan fingerprint density at radius 3 is 2.45 bits per heavy atom. The molecule has 9 heteroatoms. The fourth-order valence-corrected chi connectivity index (χ4v) is 4.21. The smallest absolute Gasteiger partial charge is 0.342 e. The quantitative estimate of drug-likeness (QED) is 0.244. The summed E-state index contributed by atoms with van der Waals surface area (Å²) >= 11 is 0. The number of carbonyl (C=O) groups is 3. The second kappa shape index (κ2) is 11.2. The van der Waals surface area contributed by atoms with E-state index < -0.39 is 23.8 Å². The van der Waals surface area contributed by atoms with E-state index in [1.165, 1.54) is 6.92 Å². The fraction of sp³-hybridized carbons (Fsp3) is 0.241. The summed E-state index contributed by atoms with van der Waals surface area (Å²) in [7, 11) is 1.56. The lowest BCUT2D eigenvalue weighted by Gasteiger charge is -2.12. The third-order valence-electron chi connectivity index (χ3n) is 6.11. The Balaban J connectivity index is 1.65. The van der Waals surface area contributed by atoms with Gasteiger partial charge in [-0.15, -0.1) is 0 Å². The Kier molecular flexibility index (Phi) is 7.76. The van der Waals surface area contributed by atoms with Crippen molar-refractivity contribution in [1.82, 2.24) is 14.8 Å². The lowest BCUT2D eigenvalue weighted by molar-refractivity contribution is 0.0317. The van der Waals surface area contributed by atoms with Crippen molar-refractivity contribution in [3.63, 3.8) is 0 Å². The van der Waals surface area contributed by atoms with Gasteiger partial charge in [0.1, 0.15) is 17.0 Å². The molecule has 0 fully saturated rings. The SMILES string of the molecule is CCOC(=O)c1c(C)[nH]c(C(=O)[C@H](C)OC(=O)c2cn(-c3ccccc3)nc2-c2cccc(OC)c2)c1C. The molecule has 0 aliphatic heterocycles. The van der Waals surface area contributed by atoms with Gasteiger partial charge in [0.2, 0.25) is 5.78 Å². The summed E-state index contributed by atoms with van der Waals surface area (Å²) in [5.74, 6) is -1.08. The minimum atomic E-state index is -1.13. The minimum Gasteiger partial charge on any atom is -0.497 e. The van der Waals surface area contributed by atoms with Crippen molar-refractivity contribution in [1.29, 1.82) is 0 Å². The van der Waals surface area contributed by atoms with E-state index in [2.05, 4.69) is 10.1 Å². The predicted octanol–water partition coefficient (Wildman–Crippen LogP) is 5.10. The summed E-state index contributed by atoms with van der Waals surface area (Å²) in [6, 6.07) is 16.5. The van der Waals surface area contributed by atoms with E-state index in [0.717, 1.165) is 5.69 Å². The van der Waals surface area contributed by atoms with Gasteiger partial charge in [0.25, 0.3) is 0 Å². The molecule has 1 atom stereocenters. The summed E-state index contributed by atoms with van der Waals surface area (Å²) < 4.78 is 17.6. The van der Waals surface area contributed by atoms with Gasteiger partial charge < -0.3 is 19.2 Å². The maximum atomic E-state index is 13.4. The number of esters is 2. The summed E-state index contributed by atoms with van der Waals surface area (Å²) in [6.07, 6.45) is 0.444. The maximum absolute atomic E-state index is 13.4. The molecule has 2 aromatic carbocycles. The van der Waals surface area contributed by atoms with Gasteiger partial charge in [-0.25, -0.2) is 14.3 Å². The van der Waals surface area contributed by atoms with E-state index in [0.29, 0.717) is 33.8 Å². The second-order valence-electron chi connectivity index (χ2n) is 8.66. The first kappa shape index (κ1) is 26.4. The lowest BCUT2D eigenvalue weighted by atomic mass is 10.1. The zero-order valence-electron chi connectivity index (χ0n) is 21.9. The first-order valence-electron chi connectivity index (χ1n) is 12.2. The van der Waals surface area contributed by atoms with Crippen LogP contribution in [0.2, 0.25) is 0 Å². The Bertz CT molecular complexity index is 1490. The van der Waals surface area contributed by atoms with Crippen molar-refractivity contribution in [2.45, 2.75) is 33.8 Å². The highest BCUT2D eigenvalue weighted by atomic mass is 16.5. The largest absolute Gasteiger partial charge is 0.497 e. The molecule has 4 aromatic rings. The van der Waals surface area contributed by atoms with Crippen molar-refractivity contribution in [3.05, 3.63) is 88.9 Å². The lowest BCUT2D eigenvalue weighted by Crippen LogP contribution is -2.25. The molecule has 0 aliphatic carbocycles. The van der Waals surface area contributed by atoms with Crippen LogP contribution in [0.1, 0.15) is 56.3 Å². The van der Waals surface area contributed by atoms with Gasteiger partial charge in [-0.1, -0.05) is 30.3 Å². The van der Waals surface area contributed by atoms with E-state index in [9.17, 15) is 14.4 Å². The van der Waals surface area contributed by atoms with Crippen LogP contribution >= 0.6 is 0 Å². The highest BCUT2D eigenvalue weighted by Crippen LogP contribution is 2.28. The van der Waals surface area contributed by atoms with E-state index >= 15 is 0 Å². The number of H-pyrrole nitrogens is 1. The summed E-state index contributed by atoms with van der Waals surface area (Å²) in [5.41, 5.74) is 3.43. The van der Waals surface area contributed by atoms with Crippen LogP contribution in [-0.2, 0) is 9.47 Å². The molecule has 0 unspecified atom stereocenters. The third kappa shape index (κ3) is 5.22. The Morgan fingerprint density at radius 1 is 1.03 bits per heavy atom. The van der Waals surface area contributed by atoms with Crippen LogP contribution in [-0.4, -0.2) is 52.3 Å². The van der Waals surface area contributed by atoms with Crippen LogP contribution in [0.25, 0.3) is 16.9 Å². The molecule has 0 saturated carbocycles. The summed E-state index contributed by atoms with van der Waals surface area (Å²) in [5, 5.41) is 4.64. The number of ketones is 1. The van der Waals surface area contributed by atoms with Crippen molar-refractivity contribution < 1.29 is 28.6 Å². The second-order valence-corrected chi connectivity index (χ2v) is 8.66. The number of hydrogen-bond acceptors (Lipinski definition) is 7. The standard InChI is InChI=1S/C29H29N3O6/c1-6-37-29(35)24-17(2)25(30-18(24)3)27(33)19(4)38-28(34)23-16-32(21-12-8-7-9-13-21)31-26(23)20-11-10-14-22(15-20)36-5/h7-16,19,30H,6H2,1-5H3/t19-/m0/s1. The highest BCUT2D eigenvalue weighted by Gasteiger charge is 2.29. The van der Waals surface area contributed by atoms with Gasteiger partial charge in [0, 0.05) is 17.5 Å². The number of benzene rings is 2. The molecule has 0 spiro atoms. The summed E-state index contributed by atoms with van der Waals surface area (Å²) in [6.45, 7) is 6.76. The molecule has 0 amide bonds. The third-order valence-corrected chi connectivity index (χ3v) is 6.11. The van der Waals surface area contributed by atoms with Gasteiger partial charge in [-0.05, 0) is 57.5 Å². The molecule has 0 bridgehead atoms. The predicted molar refractivity (Wildman–Crippen MR) is 141 cm³/mol.